The smallest absolute Gasteiger partial charge is 0.244 e. The molecule has 98 valence electrons. The monoisotopic (exact) mass is 249 g/mol. The molecule has 0 saturated heterocycles. The first-order chi connectivity index (χ1) is 8.72. The highest BCUT2D eigenvalue weighted by molar-refractivity contribution is 5.92. The summed E-state index contributed by atoms with van der Waals surface area (Å²) in [6.45, 7) is 2.68. The number of hydrogen-bond donors (Lipinski definition) is 1. The maximum absolute atomic E-state index is 11.5. The van der Waals surface area contributed by atoms with E-state index in [1.165, 1.54) is 6.08 Å². The van der Waals surface area contributed by atoms with E-state index in [4.69, 9.17) is 9.47 Å². The lowest BCUT2D eigenvalue weighted by Gasteiger charge is -2.09. The van der Waals surface area contributed by atoms with Gasteiger partial charge < -0.3 is 14.8 Å². The molecule has 0 unspecified atom stereocenters. The van der Waals surface area contributed by atoms with Crippen molar-refractivity contribution >= 4 is 12.0 Å². The minimum Gasteiger partial charge on any atom is -0.496 e. The third-order valence-corrected chi connectivity index (χ3v) is 2.42. The summed E-state index contributed by atoms with van der Waals surface area (Å²) in [5.74, 6) is 1.23. The molecule has 4 heteroatoms. The zero-order chi connectivity index (χ0) is 13.4. The molecule has 0 fully saturated rings. The number of ether oxygens (including phenoxy) is 2. The third-order valence-electron chi connectivity index (χ3n) is 2.42. The maximum Gasteiger partial charge on any atom is 0.244 e. The molecule has 0 saturated carbocycles. The molecule has 0 bridgehead atoms. The average Bonchev–Trinajstić information content (AvgIpc) is 2.42. The summed E-state index contributed by atoms with van der Waals surface area (Å²) in [7, 11) is 3.17. The van der Waals surface area contributed by atoms with Crippen LogP contribution in [0.2, 0.25) is 0 Å². The Bertz CT molecular complexity index is 405. The van der Waals surface area contributed by atoms with Crippen molar-refractivity contribution in [2.75, 3.05) is 20.8 Å². The van der Waals surface area contributed by atoms with E-state index in [1.54, 1.807) is 20.3 Å². The van der Waals surface area contributed by atoms with Crippen LogP contribution in [0, 0.1) is 0 Å². The molecule has 0 atom stereocenters. The highest BCUT2D eigenvalue weighted by Gasteiger charge is 2.06. The summed E-state index contributed by atoms with van der Waals surface area (Å²) in [6.07, 6.45) is 4.09. The Labute approximate surface area is 108 Å². The molecule has 1 rings (SSSR count). The number of benzene rings is 1. The van der Waals surface area contributed by atoms with E-state index in [1.807, 2.05) is 25.1 Å². The van der Waals surface area contributed by atoms with Crippen LogP contribution in [0.25, 0.3) is 6.08 Å². The van der Waals surface area contributed by atoms with Gasteiger partial charge in [0.1, 0.15) is 11.5 Å². The Kier molecular flexibility index (Phi) is 5.77. The van der Waals surface area contributed by atoms with Crippen LogP contribution in [0.5, 0.6) is 11.5 Å². The molecule has 1 aromatic rings. The summed E-state index contributed by atoms with van der Waals surface area (Å²) < 4.78 is 10.5. The lowest BCUT2D eigenvalue weighted by atomic mass is 10.1. The quantitative estimate of drug-likeness (QED) is 0.786. The van der Waals surface area contributed by atoms with Crippen molar-refractivity contribution < 1.29 is 14.3 Å². The molecule has 0 aliphatic rings. The predicted octanol–water partition coefficient (Wildman–Crippen LogP) is 2.24. The topological polar surface area (TPSA) is 47.6 Å². The van der Waals surface area contributed by atoms with E-state index in [0.29, 0.717) is 18.0 Å². The SMILES string of the molecule is CCCNC(=O)/C=C/c1c(OC)cccc1OC. The Balaban J connectivity index is 2.88. The molecular formula is C14H19NO3. The Morgan fingerprint density at radius 1 is 1.28 bits per heavy atom. The van der Waals surface area contributed by atoms with Gasteiger partial charge in [-0.1, -0.05) is 13.0 Å². The second-order valence-electron chi connectivity index (χ2n) is 3.70. The number of methoxy groups -OCH3 is 2. The van der Waals surface area contributed by atoms with E-state index in [9.17, 15) is 4.79 Å². The van der Waals surface area contributed by atoms with Crippen LogP contribution in [-0.4, -0.2) is 26.7 Å². The van der Waals surface area contributed by atoms with Crippen molar-refractivity contribution in [2.45, 2.75) is 13.3 Å². The normalized spacial score (nSPS) is 10.4. The molecule has 0 heterocycles. The van der Waals surface area contributed by atoms with E-state index in [0.717, 1.165) is 12.0 Å². The molecule has 0 aromatic heterocycles. The largest absolute Gasteiger partial charge is 0.496 e. The van der Waals surface area contributed by atoms with Gasteiger partial charge in [0, 0.05) is 12.6 Å². The van der Waals surface area contributed by atoms with E-state index in [2.05, 4.69) is 5.32 Å². The van der Waals surface area contributed by atoms with Gasteiger partial charge in [0.05, 0.1) is 19.8 Å². The summed E-state index contributed by atoms with van der Waals surface area (Å²) in [5.41, 5.74) is 0.758. The minimum absolute atomic E-state index is 0.121. The summed E-state index contributed by atoms with van der Waals surface area (Å²) in [4.78, 5) is 11.5. The second-order valence-corrected chi connectivity index (χ2v) is 3.70. The molecule has 4 nitrogen and oxygen atoms in total. The Morgan fingerprint density at radius 2 is 1.89 bits per heavy atom. The number of rotatable bonds is 6. The van der Waals surface area contributed by atoms with Gasteiger partial charge >= 0.3 is 0 Å². The number of hydrogen-bond acceptors (Lipinski definition) is 3. The number of amides is 1. The van der Waals surface area contributed by atoms with Crippen LogP contribution in [-0.2, 0) is 4.79 Å². The second kappa shape index (κ2) is 7.37. The highest BCUT2D eigenvalue weighted by Crippen LogP contribution is 2.29. The fourth-order valence-corrected chi connectivity index (χ4v) is 1.51. The van der Waals surface area contributed by atoms with E-state index in [-0.39, 0.29) is 5.91 Å². The molecule has 0 radical (unpaired) electrons. The number of carbonyl (C=O) groups is 1. The fraction of sp³-hybridized carbons (Fsp3) is 0.357. The Morgan fingerprint density at radius 3 is 2.39 bits per heavy atom. The van der Waals surface area contributed by atoms with Crippen LogP contribution >= 0.6 is 0 Å². The summed E-state index contributed by atoms with van der Waals surface area (Å²) >= 11 is 0. The van der Waals surface area contributed by atoms with Gasteiger partial charge in [0.2, 0.25) is 5.91 Å². The lowest BCUT2D eigenvalue weighted by molar-refractivity contribution is -0.116. The molecule has 0 aliphatic heterocycles. The molecule has 1 N–H and O–H groups in total. The number of nitrogens with one attached hydrogen (secondary N) is 1. The van der Waals surface area contributed by atoms with Crippen molar-refractivity contribution in [3.05, 3.63) is 29.8 Å². The van der Waals surface area contributed by atoms with Crippen LogP contribution in [0.15, 0.2) is 24.3 Å². The summed E-state index contributed by atoms with van der Waals surface area (Å²) in [6, 6.07) is 5.49. The zero-order valence-electron chi connectivity index (χ0n) is 11.0. The van der Waals surface area contributed by atoms with E-state index >= 15 is 0 Å². The molecule has 0 aliphatic carbocycles. The van der Waals surface area contributed by atoms with Crippen molar-refractivity contribution in [2.24, 2.45) is 0 Å². The van der Waals surface area contributed by atoms with Crippen LogP contribution in [0.4, 0.5) is 0 Å². The van der Waals surface area contributed by atoms with Gasteiger partial charge in [-0.3, -0.25) is 4.79 Å². The van der Waals surface area contributed by atoms with Crippen molar-refractivity contribution in [1.82, 2.24) is 5.32 Å². The van der Waals surface area contributed by atoms with Crippen LogP contribution in [0.3, 0.4) is 0 Å². The van der Waals surface area contributed by atoms with Crippen LogP contribution < -0.4 is 14.8 Å². The first kappa shape index (κ1) is 14.1. The average molecular weight is 249 g/mol. The molecule has 1 amide bonds. The standard InChI is InChI=1S/C14H19NO3/c1-4-10-15-14(16)9-8-11-12(17-2)6-5-7-13(11)18-3/h5-9H,4,10H2,1-3H3,(H,15,16)/b9-8+. The van der Waals surface area contributed by atoms with Crippen molar-refractivity contribution in [3.8, 4) is 11.5 Å². The first-order valence-corrected chi connectivity index (χ1v) is 5.89. The minimum atomic E-state index is -0.121. The third kappa shape index (κ3) is 3.80. The van der Waals surface area contributed by atoms with Gasteiger partial charge in [0.25, 0.3) is 0 Å². The highest BCUT2D eigenvalue weighted by atomic mass is 16.5. The lowest BCUT2D eigenvalue weighted by Crippen LogP contribution is -2.21. The Hall–Kier alpha value is -1.97. The molecule has 0 spiro atoms. The number of carbonyl (C=O) groups excluding carboxylic acids is 1. The van der Waals surface area contributed by atoms with Gasteiger partial charge in [-0.2, -0.15) is 0 Å². The van der Waals surface area contributed by atoms with E-state index < -0.39 is 0 Å². The van der Waals surface area contributed by atoms with Crippen LogP contribution in [0.1, 0.15) is 18.9 Å². The van der Waals surface area contributed by atoms with Gasteiger partial charge in [0.15, 0.2) is 0 Å². The van der Waals surface area contributed by atoms with Crippen molar-refractivity contribution in [3.63, 3.8) is 0 Å². The molecule has 1 aromatic carbocycles. The van der Waals surface area contributed by atoms with Gasteiger partial charge in [-0.25, -0.2) is 0 Å². The van der Waals surface area contributed by atoms with Gasteiger partial charge in [-0.15, -0.1) is 0 Å². The predicted molar refractivity (Wildman–Crippen MR) is 71.9 cm³/mol. The van der Waals surface area contributed by atoms with Crippen molar-refractivity contribution in [1.29, 1.82) is 0 Å². The molecular weight excluding hydrogens is 230 g/mol. The summed E-state index contributed by atoms with van der Waals surface area (Å²) in [5, 5.41) is 2.77. The maximum atomic E-state index is 11.5. The first-order valence-electron chi connectivity index (χ1n) is 5.89. The molecule has 18 heavy (non-hydrogen) atoms. The van der Waals surface area contributed by atoms with Gasteiger partial charge in [-0.05, 0) is 24.6 Å². The fourth-order valence-electron chi connectivity index (χ4n) is 1.51. The zero-order valence-corrected chi connectivity index (χ0v) is 11.0.